The van der Waals surface area contributed by atoms with Crippen molar-refractivity contribution < 1.29 is 4.74 Å². The zero-order valence-electron chi connectivity index (χ0n) is 13.0. The predicted octanol–water partition coefficient (Wildman–Crippen LogP) is 3.75. The minimum Gasteiger partial charge on any atom is -0.497 e. The summed E-state index contributed by atoms with van der Waals surface area (Å²) < 4.78 is 5.29. The van der Waals surface area contributed by atoms with Crippen molar-refractivity contribution in [2.45, 2.75) is 51.0 Å². The van der Waals surface area contributed by atoms with Crippen molar-refractivity contribution in [2.75, 3.05) is 13.7 Å². The van der Waals surface area contributed by atoms with Gasteiger partial charge in [-0.2, -0.15) is 0 Å². The first-order chi connectivity index (χ1) is 9.63. The van der Waals surface area contributed by atoms with E-state index in [-0.39, 0.29) is 0 Å². The molecule has 0 saturated heterocycles. The lowest BCUT2D eigenvalue weighted by atomic mass is 9.56. The van der Waals surface area contributed by atoms with Gasteiger partial charge in [-0.1, -0.05) is 26.0 Å². The Kier molecular flexibility index (Phi) is 3.76. The maximum Gasteiger partial charge on any atom is 0.118 e. The minimum atomic E-state index is 0.365. The quantitative estimate of drug-likeness (QED) is 0.852. The Hall–Kier alpha value is -1.02. The lowest BCUT2D eigenvalue weighted by molar-refractivity contribution is 0.0973. The van der Waals surface area contributed by atoms with Gasteiger partial charge in [0.05, 0.1) is 7.11 Å². The third kappa shape index (κ3) is 2.71. The molecule has 1 aromatic carbocycles. The summed E-state index contributed by atoms with van der Waals surface area (Å²) in [7, 11) is 1.73. The average molecular weight is 273 g/mol. The van der Waals surface area contributed by atoms with Crippen LogP contribution in [0.4, 0.5) is 0 Å². The third-order valence-electron chi connectivity index (χ3n) is 5.26. The molecule has 2 heteroatoms. The minimum absolute atomic E-state index is 0.365. The van der Waals surface area contributed by atoms with Crippen LogP contribution in [0.5, 0.6) is 5.75 Å². The Morgan fingerprint density at radius 3 is 2.35 bits per heavy atom. The Morgan fingerprint density at radius 1 is 1.20 bits per heavy atom. The molecule has 2 fully saturated rings. The highest BCUT2D eigenvalue weighted by molar-refractivity contribution is 5.35. The molecule has 2 nitrogen and oxygen atoms in total. The van der Waals surface area contributed by atoms with Gasteiger partial charge in [0.1, 0.15) is 5.75 Å². The van der Waals surface area contributed by atoms with Crippen molar-refractivity contribution in [1.29, 1.82) is 0 Å². The number of ether oxygens (including phenoxy) is 1. The normalized spacial score (nSPS) is 29.3. The highest BCUT2D eigenvalue weighted by atomic mass is 16.5. The Morgan fingerprint density at radius 2 is 1.85 bits per heavy atom. The van der Waals surface area contributed by atoms with Crippen LogP contribution in [0.15, 0.2) is 24.3 Å². The van der Waals surface area contributed by atoms with E-state index in [1.165, 1.54) is 31.2 Å². The fourth-order valence-electron chi connectivity index (χ4n) is 3.47. The van der Waals surface area contributed by atoms with E-state index in [1.807, 2.05) is 0 Å². The van der Waals surface area contributed by atoms with Crippen LogP contribution >= 0.6 is 0 Å². The van der Waals surface area contributed by atoms with E-state index >= 15 is 0 Å². The molecule has 110 valence electrons. The molecule has 0 aliphatic heterocycles. The van der Waals surface area contributed by atoms with Crippen LogP contribution in [0.1, 0.15) is 45.1 Å². The second kappa shape index (κ2) is 5.40. The summed E-state index contributed by atoms with van der Waals surface area (Å²) in [5.74, 6) is 2.65. The molecule has 0 amide bonds. The van der Waals surface area contributed by atoms with Crippen LogP contribution in [0.2, 0.25) is 0 Å². The molecule has 0 spiro atoms. The van der Waals surface area contributed by atoms with Crippen molar-refractivity contribution in [1.82, 2.24) is 5.32 Å². The molecule has 0 unspecified atom stereocenters. The van der Waals surface area contributed by atoms with Crippen molar-refractivity contribution in [3.8, 4) is 5.75 Å². The van der Waals surface area contributed by atoms with Crippen LogP contribution in [0.25, 0.3) is 0 Å². The van der Waals surface area contributed by atoms with Gasteiger partial charge >= 0.3 is 0 Å². The monoisotopic (exact) mass is 273 g/mol. The van der Waals surface area contributed by atoms with Gasteiger partial charge in [0.25, 0.3) is 0 Å². The van der Waals surface area contributed by atoms with Gasteiger partial charge in [-0.25, -0.2) is 0 Å². The molecule has 2 saturated carbocycles. The van der Waals surface area contributed by atoms with Crippen molar-refractivity contribution >= 4 is 0 Å². The third-order valence-corrected chi connectivity index (χ3v) is 5.26. The first kappa shape index (κ1) is 13.9. The fourth-order valence-corrected chi connectivity index (χ4v) is 3.47. The largest absolute Gasteiger partial charge is 0.497 e. The zero-order chi connectivity index (χ0) is 14.2. The Bertz CT molecular complexity index is 435. The molecule has 2 aliphatic rings. The van der Waals surface area contributed by atoms with Crippen LogP contribution in [-0.4, -0.2) is 19.7 Å². The Balaban J connectivity index is 1.73. The highest BCUT2D eigenvalue weighted by Crippen LogP contribution is 2.50. The lowest BCUT2D eigenvalue weighted by Gasteiger charge is -2.50. The molecular formula is C18H27NO. The lowest BCUT2D eigenvalue weighted by Crippen LogP contribution is -2.50. The summed E-state index contributed by atoms with van der Waals surface area (Å²) in [5, 5.41) is 3.75. The van der Waals surface area contributed by atoms with E-state index in [0.717, 1.165) is 30.2 Å². The van der Waals surface area contributed by atoms with Gasteiger partial charge in [-0.05, 0) is 55.2 Å². The molecule has 0 radical (unpaired) electrons. The maximum atomic E-state index is 5.29. The summed E-state index contributed by atoms with van der Waals surface area (Å²) in [6.45, 7) is 5.86. The second-order valence-corrected chi connectivity index (χ2v) is 7.08. The molecule has 3 rings (SSSR count). The van der Waals surface area contributed by atoms with Crippen molar-refractivity contribution in [2.24, 2.45) is 11.8 Å². The molecule has 0 heterocycles. The number of hydrogen-bond donors (Lipinski definition) is 1. The maximum absolute atomic E-state index is 5.29. The average Bonchev–Trinajstić information content (AvgIpc) is 3.22. The van der Waals surface area contributed by atoms with Crippen LogP contribution in [0, 0.1) is 11.8 Å². The summed E-state index contributed by atoms with van der Waals surface area (Å²) in [6, 6.07) is 9.55. The number of methoxy groups -OCH3 is 1. The van der Waals surface area contributed by atoms with E-state index < -0.39 is 0 Å². The standard InChI is InChI=1S/C18H27NO/c1-13(2)14-10-18(11-14,12-19-16-6-7-16)15-4-8-17(20-3)9-5-15/h4-5,8-9,13-14,16,19H,6-7,10-12H2,1-3H3. The molecule has 20 heavy (non-hydrogen) atoms. The fraction of sp³-hybridized carbons (Fsp3) is 0.667. The topological polar surface area (TPSA) is 21.3 Å². The number of benzene rings is 1. The van der Waals surface area contributed by atoms with E-state index in [1.54, 1.807) is 7.11 Å². The van der Waals surface area contributed by atoms with Crippen molar-refractivity contribution in [3.63, 3.8) is 0 Å². The van der Waals surface area contributed by atoms with E-state index in [4.69, 9.17) is 4.74 Å². The molecule has 0 atom stereocenters. The van der Waals surface area contributed by atoms with Gasteiger partial charge in [-0.15, -0.1) is 0 Å². The summed E-state index contributed by atoms with van der Waals surface area (Å²) in [4.78, 5) is 0. The van der Waals surface area contributed by atoms with Gasteiger partial charge in [0.2, 0.25) is 0 Å². The summed E-state index contributed by atoms with van der Waals surface area (Å²) >= 11 is 0. The number of nitrogens with one attached hydrogen (secondary N) is 1. The van der Waals surface area contributed by atoms with Crippen LogP contribution < -0.4 is 10.1 Å². The van der Waals surface area contributed by atoms with Gasteiger partial charge in [-0.3, -0.25) is 0 Å². The highest BCUT2D eigenvalue weighted by Gasteiger charge is 2.46. The molecule has 1 aromatic rings. The number of rotatable bonds is 6. The molecule has 0 aromatic heterocycles. The Labute approximate surface area is 122 Å². The SMILES string of the molecule is COc1ccc(C2(CNC3CC3)CC(C(C)C)C2)cc1. The van der Waals surface area contributed by atoms with Gasteiger partial charge in [0.15, 0.2) is 0 Å². The number of hydrogen-bond acceptors (Lipinski definition) is 2. The molecule has 1 N–H and O–H groups in total. The van der Waals surface area contributed by atoms with E-state index in [0.29, 0.717) is 5.41 Å². The van der Waals surface area contributed by atoms with E-state index in [2.05, 4.69) is 43.4 Å². The van der Waals surface area contributed by atoms with Gasteiger partial charge in [0, 0.05) is 18.0 Å². The van der Waals surface area contributed by atoms with Crippen LogP contribution in [0.3, 0.4) is 0 Å². The molecule has 2 aliphatic carbocycles. The van der Waals surface area contributed by atoms with Crippen molar-refractivity contribution in [3.05, 3.63) is 29.8 Å². The van der Waals surface area contributed by atoms with Gasteiger partial charge < -0.3 is 10.1 Å². The predicted molar refractivity (Wildman–Crippen MR) is 83.3 cm³/mol. The summed E-state index contributed by atoms with van der Waals surface area (Å²) in [6.07, 6.45) is 5.39. The first-order valence-corrected chi connectivity index (χ1v) is 8.01. The van der Waals surface area contributed by atoms with Crippen LogP contribution in [-0.2, 0) is 5.41 Å². The smallest absolute Gasteiger partial charge is 0.118 e. The first-order valence-electron chi connectivity index (χ1n) is 8.01. The molecular weight excluding hydrogens is 246 g/mol. The second-order valence-electron chi connectivity index (χ2n) is 7.08. The zero-order valence-corrected chi connectivity index (χ0v) is 13.0. The molecule has 0 bridgehead atoms. The van der Waals surface area contributed by atoms with E-state index in [9.17, 15) is 0 Å². The summed E-state index contributed by atoms with van der Waals surface area (Å²) in [5.41, 5.74) is 1.85.